The zero-order valence-corrected chi connectivity index (χ0v) is 23.7. The van der Waals surface area contributed by atoms with Crippen molar-refractivity contribution >= 4 is 46.4 Å². The Morgan fingerprint density at radius 1 is 1.03 bits per heavy atom. The van der Waals surface area contributed by atoms with Gasteiger partial charge in [0.25, 0.3) is 5.91 Å². The molecule has 1 aromatic heterocycles. The van der Waals surface area contributed by atoms with Crippen molar-refractivity contribution < 1.29 is 23.8 Å². The number of hydrogen-bond donors (Lipinski definition) is 0. The van der Waals surface area contributed by atoms with E-state index in [-0.39, 0.29) is 30.2 Å². The summed E-state index contributed by atoms with van der Waals surface area (Å²) in [6.07, 6.45) is 0.588. The van der Waals surface area contributed by atoms with E-state index in [0.717, 1.165) is 16.0 Å². The minimum atomic E-state index is -0.327. The molecule has 2 aromatic carbocycles. The van der Waals surface area contributed by atoms with E-state index in [1.54, 1.807) is 28.4 Å². The van der Waals surface area contributed by atoms with Crippen LogP contribution in [0.2, 0.25) is 10.0 Å². The Hall–Kier alpha value is -2.78. The van der Waals surface area contributed by atoms with Gasteiger partial charge in [-0.25, -0.2) is 0 Å². The molecule has 0 saturated carbocycles. The summed E-state index contributed by atoms with van der Waals surface area (Å²) in [5.74, 6) is 0.844. The lowest BCUT2D eigenvalue weighted by Gasteiger charge is -2.28. The van der Waals surface area contributed by atoms with Crippen LogP contribution in [0, 0.1) is 6.92 Å². The van der Waals surface area contributed by atoms with Gasteiger partial charge >= 0.3 is 0 Å². The van der Waals surface area contributed by atoms with Crippen molar-refractivity contribution in [1.82, 2.24) is 9.80 Å². The summed E-state index contributed by atoms with van der Waals surface area (Å²) in [5.41, 5.74) is 2.33. The molecule has 0 N–H and O–H groups in total. The fraction of sp³-hybridized carbons (Fsp3) is 0.357. The Morgan fingerprint density at radius 2 is 1.84 bits per heavy atom. The number of halogens is 2. The SMILES string of the molecule is CCOCCCN(CC(=O)N(Cc1ccc2c(c1)OCO2)Cc1sccc1C)C(=O)c1ccc(Cl)cc1Cl. The van der Waals surface area contributed by atoms with Gasteiger partial charge in [-0.1, -0.05) is 29.3 Å². The molecule has 1 aliphatic rings. The monoisotopic (exact) mass is 576 g/mol. The number of aryl methyl sites for hydroxylation is 1. The van der Waals surface area contributed by atoms with Gasteiger partial charge in [-0.2, -0.15) is 0 Å². The Kier molecular flexibility index (Phi) is 9.91. The van der Waals surface area contributed by atoms with E-state index in [1.165, 1.54) is 11.0 Å². The van der Waals surface area contributed by atoms with Crippen molar-refractivity contribution in [3.8, 4) is 11.5 Å². The van der Waals surface area contributed by atoms with Gasteiger partial charge in [0, 0.05) is 36.2 Å². The molecule has 10 heteroatoms. The first-order valence-electron chi connectivity index (χ1n) is 12.4. The van der Waals surface area contributed by atoms with E-state index in [1.807, 2.05) is 43.5 Å². The highest BCUT2D eigenvalue weighted by molar-refractivity contribution is 7.10. The molecule has 2 amide bonds. The van der Waals surface area contributed by atoms with Crippen molar-refractivity contribution in [3.05, 3.63) is 79.5 Å². The van der Waals surface area contributed by atoms with Gasteiger partial charge in [0.05, 0.1) is 17.1 Å². The summed E-state index contributed by atoms with van der Waals surface area (Å²) >= 11 is 14.0. The van der Waals surface area contributed by atoms with Crippen LogP contribution in [0.25, 0.3) is 0 Å². The van der Waals surface area contributed by atoms with Gasteiger partial charge in [0.1, 0.15) is 6.54 Å². The van der Waals surface area contributed by atoms with Crippen molar-refractivity contribution in [2.75, 3.05) is 33.1 Å². The van der Waals surface area contributed by atoms with E-state index in [4.69, 9.17) is 37.4 Å². The van der Waals surface area contributed by atoms with Crippen molar-refractivity contribution in [2.45, 2.75) is 33.4 Å². The number of benzene rings is 2. The second kappa shape index (κ2) is 13.3. The fourth-order valence-electron chi connectivity index (χ4n) is 4.08. The Labute approximate surface area is 236 Å². The molecule has 0 fully saturated rings. The zero-order valence-electron chi connectivity index (χ0n) is 21.4. The normalized spacial score (nSPS) is 12.0. The van der Waals surface area contributed by atoms with Crippen LogP contribution in [-0.2, 0) is 22.6 Å². The highest BCUT2D eigenvalue weighted by Gasteiger charge is 2.25. The van der Waals surface area contributed by atoms with Gasteiger partial charge in [0.15, 0.2) is 11.5 Å². The maximum atomic E-state index is 13.8. The second-order valence-corrected chi connectivity index (χ2v) is 10.7. The summed E-state index contributed by atoms with van der Waals surface area (Å²) in [6, 6.07) is 12.4. The molecule has 0 saturated heterocycles. The lowest BCUT2D eigenvalue weighted by molar-refractivity contribution is -0.133. The summed E-state index contributed by atoms with van der Waals surface area (Å²) in [6.45, 7) is 6.23. The highest BCUT2D eigenvalue weighted by atomic mass is 35.5. The van der Waals surface area contributed by atoms with Crippen LogP contribution >= 0.6 is 34.5 Å². The maximum Gasteiger partial charge on any atom is 0.255 e. The van der Waals surface area contributed by atoms with Gasteiger partial charge in [-0.15, -0.1) is 11.3 Å². The van der Waals surface area contributed by atoms with E-state index in [2.05, 4.69) is 0 Å². The number of ether oxygens (including phenoxy) is 3. The van der Waals surface area contributed by atoms with Gasteiger partial charge < -0.3 is 24.0 Å². The van der Waals surface area contributed by atoms with Gasteiger partial charge in [-0.3, -0.25) is 9.59 Å². The van der Waals surface area contributed by atoms with E-state index < -0.39 is 0 Å². The number of amides is 2. The maximum absolute atomic E-state index is 13.8. The number of nitrogens with zero attached hydrogens (tertiary/aromatic N) is 2. The highest BCUT2D eigenvalue weighted by Crippen LogP contribution is 2.33. The molecular formula is C28H30Cl2N2O5S. The molecule has 7 nitrogen and oxygen atoms in total. The summed E-state index contributed by atoms with van der Waals surface area (Å²) in [7, 11) is 0. The van der Waals surface area contributed by atoms with E-state index in [9.17, 15) is 9.59 Å². The molecule has 38 heavy (non-hydrogen) atoms. The smallest absolute Gasteiger partial charge is 0.255 e. The lowest BCUT2D eigenvalue weighted by atomic mass is 10.1. The molecule has 2 heterocycles. The van der Waals surface area contributed by atoms with Crippen LogP contribution in [0.1, 0.15) is 39.7 Å². The average Bonchev–Trinajstić information content (AvgIpc) is 3.53. The first kappa shape index (κ1) is 28.2. The Balaban J connectivity index is 1.56. The quantitative estimate of drug-likeness (QED) is 0.240. The number of hydrogen-bond acceptors (Lipinski definition) is 6. The molecule has 3 aromatic rings. The van der Waals surface area contributed by atoms with Crippen molar-refractivity contribution in [3.63, 3.8) is 0 Å². The first-order valence-corrected chi connectivity index (χ1v) is 14.0. The van der Waals surface area contributed by atoms with Crippen LogP contribution < -0.4 is 9.47 Å². The Bertz CT molecular complexity index is 1280. The summed E-state index contributed by atoms with van der Waals surface area (Å²) < 4.78 is 16.4. The second-order valence-electron chi connectivity index (χ2n) is 8.87. The van der Waals surface area contributed by atoms with Crippen LogP contribution in [0.3, 0.4) is 0 Å². The standard InChI is InChI=1S/C28H30Cl2N2O5S/c1-3-35-11-4-10-31(28(34)22-7-6-21(29)14-23(22)30)17-27(33)32(16-26-19(2)9-12-38-26)15-20-5-8-24-25(13-20)37-18-36-24/h5-9,12-14H,3-4,10-11,15-18H2,1-2H3. The number of thiophene rings is 1. The zero-order chi connectivity index (χ0) is 27.1. The largest absolute Gasteiger partial charge is 0.454 e. The fourth-order valence-corrected chi connectivity index (χ4v) is 5.49. The Morgan fingerprint density at radius 3 is 2.58 bits per heavy atom. The van der Waals surface area contributed by atoms with E-state index >= 15 is 0 Å². The molecule has 0 aliphatic carbocycles. The molecule has 4 rings (SSSR count). The third-order valence-corrected chi connectivity index (χ3v) is 7.72. The lowest BCUT2D eigenvalue weighted by Crippen LogP contribution is -2.43. The predicted octanol–water partition coefficient (Wildman–Crippen LogP) is 6.19. The summed E-state index contributed by atoms with van der Waals surface area (Å²) in [4.78, 5) is 31.7. The van der Waals surface area contributed by atoms with Crippen molar-refractivity contribution in [1.29, 1.82) is 0 Å². The third kappa shape index (κ3) is 7.20. The molecular weight excluding hydrogens is 547 g/mol. The number of carbonyl (C=O) groups excluding carboxylic acids is 2. The average molecular weight is 578 g/mol. The molecule has 202 valence electrons. The predicted molar refractivity (Wildman–Crippen MR) is 149 cm³/mol. The minimum absolute atomic E-state index is 0.0983. The van der Waals surface area contributed by atoms with Crippen LogP contribution in [-0.4, -0.2) is 54.7 Å². The summed E-state index contributed by atoms with van der Waals surface area (Å²) in [5, 5.41) is 2.70. The number of rotatable bonds is 12. The number of fused-ring (bicyclic) bond motifs is 1. The van der Waals surface area contributed by atoms with Crippen LogP contribution in [0.5, 0.6) is 11.5 Å². The molecule has 1 aliphatic heterocycles. The van der Waals surface area contributed by atoms with Crippen LogP contribution in [0.15, 0.2) is 47.8 Å². The molecule has 0 unspecified atom stereocenters. The van der Waals surface area contributed by atoms with Crippen LogP contribution in [0.4, 0.5) is 0 Å². The van der Waals surface area contributed by atoms with Gasteiger partial charge in [-0.05, 0) is 73.2 Å². The molecule has 0 radical (unpaired) electrons. The van der Waals surface area contributed by atoms with Gasteiger partial charge in [0.2, 0.25) is 12.7 Å². The minimum Gasteiger partial charge on any atom is -0.454 e. The van der Waals surface area contributed by atoms with E-state index in [0.29, 0.717) is 61.4 Å². The molecule has 0 spiro atoms. The van der Waals surface area contributed by atoms with Crippen molar-refractivity contribution in [2.24, 2.45) is 0 Å². The molecule has 0 bridgehead atoms. The third-order valence-electron chi connectivity index (χ3n) is 6.16. The number of carbonyl (C=O) groups is 2. The first-order chi connectivity index (χ1) is 18.4. The topological polar surface area (TPSA) is 68.3 Å². The molecule has 0 atom stereocenters.